The molecule has 0 fully saturated rings. The highest BCUT2D eigenvalue weighted by atomic mass is 16.3. The van der Waals surface area contributed by atoms with E-state index in [1.807, 2.05) is 18.2 Å². The third kappa shape index (κ3) is 5.53. The van der Waals surface area contributed by atoms with E-state index in [-0.39, 0.29) is 0 Å². The van der Waals surface area contributed by atoms with E-state index >= 15 is 0 Å². The summed E-state index contributed by atoms with van der Waals surface area (Å²) in [6.45, 7) is 0. The molecule has 0 atom stereocenters. The van der Waals surface area contributed by atoms with Gasteiger partial charge in [0.15, 0.2) is 0 Å². The molecule has 2 heteroatoms. The molecule has 1 heterocycles. The van der Waals surface area contributed by atoms with Gasteiger partial charge >= 0.3 is 0 Å². The van der Waals surface area contributed by atoms with E-state index in [0.717, 1.165) is 50.5 Å². The fourth-order valence-electron chi connectivity index (χ4n) is 6.97. The van der Waals surface area contributed by atoms with Gasteiger partial charge in [-0.15, -0.1) is 0 Å². The summed E-state index contributed by atoms with van der Waals surface area (Å²) in [5, 5.41) is 3.52. The van der Waals surface area contributed by atoms with Crippen LogP contribution < -0.4 is 4.90 Å². The molecule has 0 amide bonds. The maximum absolute atomic E-state index is 6.29. The van der Waals surface area contributed by atoms with E-state index in [9.17, 15) is 0 Å². The van der Waals surface area contributed by atoms with Gasteiger partial charge < -0.3 is 9.32 Å². The Balaban J connectivity index is 1.09. The van der Waals surface area contributed by atoms with Gasteiger partial charge in [0, 0.05) is 27.7 Å². The minimum absolute atomic E-state index is 0.873. The summed E-state index contributed by atoms with van der Waals surface area (Å²) in [6.07, 6.45) is 0. The molecular formula is C48H33NO. The SMILES string of the molecule is c1ccc(-c2ccc(-c3ccc(N(c4ccc(-c5ccccc5-c5cc6ccccc6o5)cc4)c4cccc5ccccc45)cc3)cc2)cc1. The van der Waals surface area contributed by atoms with Gasteiger partial charge in [-0.2, -0.15) is 0 Å². The van der Waals surface area contributed by atoms with Crippen LogP contribution in [0.1, 0.15) is 0 Å². The van der Waals surface area contributed by atoms with E-state index in [4.69, 9.17) is 4.42 Å². The van der Waals surface area contributed by atoms with E-state index in [0.29, 0.717) is 0 Å². The Kier molecular flexibility index (Phi) is 7.53. The second-order valence-electron chi connectivity index (χ2n) is 12.6. The number of hydrogen-bond acceptors (Lipinski definition) is 2. The summed E-state index contributed by atoms with van der Waals surface area (Å²) < 4.78 is 6.29. The van der Waals surface area contributed by atoms with Gasteiger partial charge in [-0.1, -0.05) is 158 Å². The van der Waals surface area contributed by atoms with Crippen molar-refractivity contribution < 1.29 is 4.42 Å². The molecule has 1 aromatic heterocycles. The van der Waals surface area contributed by atoms with Gasteiger partial charge in [0.1, 0.15) is 11.3 Å². The Hall–Kier alpha value is -6.64. The highest BCUT2D eigenvalue weighted by Crippen LogP contribution is 2.41. The molecule has 9 rings (SSSR count). The second kappa shape index (κ2) is 12.8. The normalized spacial score (nSPS) is 11.2. The zero-order valence-corrected chi connectivity index (χ0v) is 27.4. The largest absolute Gasteiger partial charge is 0.456 e. The van der Waals surface area contributed by atoms with Crippen LogP contribution in [0.4, 0.5) is 17.1 Å². The number of benzene rings is 8. The number of furan rings is 1. The molecular weight excluding hydrogens is 607 g/mol. The van der Waals surface area contributed by atoms with Crippen molar-refractivity contribution in [2.24, 2.45) is 0 Å². The van der Waals surface area contributed by atoms with Crippen LogP contribution in [0, 0.1) is 0 Å². The minimum Gasteiger partial charge on any atom is -0.456 e. The van der Waals surface area contributed by atoms with Crippen molar-refractivity contribution in [3.63, 3.8) is 0 Å². The van der Waals surface area contributed by atoms with Crippen molar-refractivity contribution in [1.29, 1.82) is 0 Å². The van der Waals surface area contributed by atoms with Crippen LogP contribution in [0.5, 0.6) is 0 Å². The zero-order chi connectivity index (χ0) is 33.3. The molecule has 0 radical (unpaired) electrons. The van der Waals surface area contributed by atoms with E-state index in [1.165, 1.54) is 33.0 Å². The van der Waals surface area contributed by atoms with E-state index in [1.54, 1.807) is 0 Å². The average Bonchev–Trinajstić information content (AvgIpc) is 3.64. The molecule has 0 aliphatic heterocycles. The number of para-hydroxylation sites is 1. The van der Waals surface area contributed by atoms with Crippen LogP contribution in [0.25, 0.3) is 66.4 Å². The molecule has 9 aromatic rings. The lowest BCUT2D eigenvalue weighted by molar-refractivity contribution is 0.632. The van der Waals surface area contributed by atoms with Crippen LogP contribution in [0.15, 0.2) is 205 Å². The molecule has 50 heavy (non-hydrogen) atoms. The average molecular weight is 640 g/mol. The highest BCUT2D eigenvalue weighted by Gasteiger charge is 2.17. The monoisotopic (exact) mass is 639 g/mol. The highest BCUT2D eigenvalue weighted by molar-refractivity contribution is 5.99. The number of rotatable bonds is 7. The van der Waals surface area contributed by atoms with E-state index < -0.39 is 0 Å². The first-order valence-corrected chi connectivity index (χ1v) is 17.0. The summed E-state index contributed by atoms with van der Waals surface area (Å²) in [4.78, 5) is 2.36. The number of anilines is 3. The van der Waals surface area contributed by atoms with E-state index in [2.05, 4.69) is 187 Å². The smallest absolute Gasteiger partial charge is 0.136 e. The van der Waals surface area contributed by atoms with Gasteiger partial charge in [-0.3, -0.25) is 0 Å². The van der Waals surface area contributed by atoms with Gasteiger partial charge in [0.25, 0.3) is 0 Å². The predicted octanol–water partition coefficient (Wildman–Crippen LogP) is 13.7. The van der Waals surface area contributed by atoms with Crippen LogP contribution in [-0.4, -0.2) is 0 Å². The quantitative estimate of drug-likeness (QED) is 0.173. The van der Waals surface area contributed by atoms with Crippen molar-refractivity contribution in [3.8, 4) is 44.7 Å². The minimum atomic E-state index is 0.873. The molecule has 0 saturated carbocycles. The maximum atomic E-state index is 6.29. The Morgan fingerprint density at radius 2 is 0.840 bits per heavy atom. The predicted molar refractivity (Wildman–Crippen MR) is 210 cm³/mol. The standard InChI is InChI=1S/C48H33NO/c1-2-11-34(12-3-1)35-21-23-36(24-22-35)37-25-29-41(30-26-37)49(46-19-10-15-38-13-4-6-17-44(38)46)42-31-27-39(28-32-42)43-16-7-8-18-45(43)48-33-40-14-5-9-20-47(40)50-48/h1-33H. The molecule has 0 bridgehead atoms. The fraction of sp³-hybridized carbons (Fsp3) is 0. The molecule has 0 aliphatic rings. The van der Waals surface area contributed by atoms with Crippen LogP contribution in [0.2, 0.25) is 0 Å². The number of nitrogens with zero attached hydrogens (tertiary/aromatic N) is 1. The summed E-state index contributed by atoms with van der Waals surface area (Å²) in [6, 6.07) is 71.1. The Morgan fingerprint density at radius 1 is 0.340 bits per heavy atom. The van der Waals surface area contributed by atoms with Crippen LogP contribution in [0.3, 0.4) is 0 Å². The fourth-order valence-corrected chi connectivity index (χ4v) is 6.97. The first-order chi connectivity index (χ1) is 24.8. The molecule has 0 N–H and O–H groups in total. The first-order valence-electron chi connectivity index (χ1n) is 17.0. The molecule has 2 nitrogen and oxygen atoms in total. The molecule has 236 valence electrons. The molecule has 0 aliphatic carbocycles. The number of fused-ring (bicyclic) bond motifs is 2. The molecule has 0 saturated heterocycles. The first kappa shape index (κ1) is 29.5. The third-order valence-corrected chi connectivity index (χ3v) is 9.51. The van der Waals surface area contributed by atoms with Crippen molar-refractivity contribution in [3.05, 3.63) is 200 Å². The summed E-state index contributed by atoms with van der Waals surface area (Å²) in [5.41, 5.74) is 12.4. The summed E-state index contributed by atoms with van der Waals surface area (Å²) >= 11 is 0. The van der Waals surface area contributed by atoms with Crippen LogP contribution >= 0.6 is 0 Å². The third-order valence-electron chi connectivity index (χ3n) is 9.51. The Bertz CT molecular complexity index is 2530. The molecule has 0 spiro atoms. The lowest BCUT2D eigenvalue weighted by Crippen LogP contribution is -2.10. The molecule has 0 unspecified atom stereocenters. The maximum Gasteiger partial charge on any atom is 0.136 e. The van der Waals surface area contributed by atoms with Gasteiger partial charge in [0.2, 0.25) is 0 Å². The summed E-state index contributed by atoms with van der Waals surface area (Å²) in [7, 11) is 0. The van der Waals surface area contributed by atoms with Crippen LogP contribution in [-0.2, 0) is 0 Å². The van der Waals surface area contributed by atoms with Crippen molar-refractivity contribution in [1.82, 2.24) is 0 Å². The van der Waals surface area contributed by atoms with Gasteiger partial charge in [-0.05, 0) is 81.2 Å². The van der Waals surface area contributed by atoms with Gasteiger partial charge in [0.05, 0.1) is 5.69 Å². The topological polar surface area (TPSA) is 16.4 Å². The van der Waals surface area contributed by atoms with Gasteiger partial charge in [-0.25, -0.2) is 0 Å². The summed E-state index contributed by atoms with van der Waals surface area (Å²) in [5.74, 6) is 0.873. The molecule has 8 aromatic carbocycles. The second-order valence-corrected chi connectivity index (χ2v) is 12.6. The lowest BCUT2D eigenvalue weighted by Gasteiger charge is -2.27. The lowest BCUT2D eigenvalue weighted by atomic mass is 9.97. The Labute approximate surface area is 292 Å². The zero-order valence-electron chi connectivity index (χ0n) is 27.4. The van der Waals surface area contributed by atoms with Crippen molar-refractivity contribution >= 4 is 38.8 Å². The van der Waals surface area contributed by atoms with Crippen molar-refractivity contribution in [2.75, 3.05) is 4.90 Å². The Morgan fingerprint density at radius 3 is 1.52 bits per heavy atom. The van der Waals surface area contributed by atoms with Crippen molar-refractivity contribution in [2.45, 2.75) is 0 Å². The number of hydrogen-bond donors (Lipinski definition) is 0.